The topological polar surface area (TPSA) is 0 Å². The Morgan fingerprint density at radius 1 is 1.10 bits per heavy atom. The number of rotatable bonds is 4. The van der Waals surface area contributed by atoms with Crippen molar-refractivity contribution in [2.45, 2.75) is 41.5 Å². The van der Waals surface area contributed by atoms with Gasteiger partial charge in [0.05, 0.1) is 0 Å². The Labute approximate surface area is 127 Å². The lowest BCUT2D eigenvalue weighted by molar-refractivity contribution is 1.42. The average Bonchev–Trinajstić information content (AvgIpc) is 2.45. The van der Waals surface area contributed by atoms with Crippen LogP contribution in [-0.2, 0) is 0 Å². The number of terminal acetylenes is 1. The van der Waals surface area contributed by atoms with Gasteiger partial charge in [-0.1, -0.05) is 81.0 Å². The van der Waals surface area contributed by atoms with E-state index < -0.39 is 0 Å². The van der Waals surface area contributed by atoms with Gasteiger partial charge < -0.3 is 0 Å². The minimum atomic E-state index is 0.725. The molecule has 0 N–H and O–H groups in total. The molecule has 0 saturated carbocycles. The van der Waals surface area contributed by atoms with Gasteiger partial charge in [-0.25, -0.2) is 0 Å². The molecule has 20 heavy (non-hydrogen) atoms. The summed E-state index contributed by atoms with van der Waals surface area (Å²) in [5.41, 5.74) is 3.93. The maximum absolute atomic E-state index is 5.13. The molecule has 0 amide bonds. The van der Waals surface area contributed by atoms with E-state index >= 15 is 0 Å². The Hall–Kier alpha value is -2.00. The summed E-state index contributed by atoms with van der Waals surface area (Å²) in [5.74, 6) is 2.47. The molecule has 0 atom stereocenters. The SMILES string of the molecule is C#CC(=C)/C(C)=C\C(=C)C.C=C/C(C)=C\C=C/C.CC. The lowest BCUT2D eigenvalue weighted by atomic mass is 10.1. The first-order valence-electron chi connectivity index (χ1n) is 6.80. The summed E-state index contributed by atoms with van der Waals surface area (Å²) >= 11 is 0. The monoisotopic (exact) mass is 270 g/mol. The van der Waals surface area contributed by atoms with Crippen molar-refractivity contribution in [2.24, 2.45) is 0 Å². The molecule has 0 aromatic heterocycles. The highest BCUT2D eigenvalue weighted by Crippen LogP contribution is 2.07. The molecule has 0 spiro atoms. The van der Waals surface area contributed by atoms with Gasteiger partial charge in [-0.15, -0.1) is 6.42 Å². The van der Waals surface area contributed by atoms with Crippen LogP contribution in [0.4, 0.5) is 0 Å². The van der Waals surface area contributed by atoms with Crippen LogP contribution in [-0.4, -0.2) is 0 Å². The average molecular weight is 270 g/mol. The van der Waals surface area contributed by atoms with E-state index in [4.69, 9.17) is 6.42 Å². The smallest absolute Gasteiger partial charge is 0.0200 e. The van der Waals surface area contributed by atoms with Gasteiger partial charge in [0.15, 0.2) is 0 Å². The van der Waals surface area contributed by atoms with Gasteiger partial charge >= 0.3 is 0 Å². The highest BCUT2D eigenvalue weighted by molar-refractivity contribution is 5.43. The van der Waals surface area contributed by atoms with Crippen LogP contribution < -0.4 is 0 Å². The zero-order valence-electron chi connectivity index (χ0n) is 14.1. The fourth-order valence-electron chi connectivity index (χ4n) is 0.887. The minimum absolute atomic E-state index is 0.725. The largest absolute Gasteiger partial charge is 0.115 e. The molecule has 0 aromatic carbocycles. The van der Waals surface area contributed by atoms with Crippen LogP contribution in [0.2, 0.25) is 0 Å². The van der Waals surface area contributed by atoms with Gasteiger partial charge in [-0.05, 0) is 33.3 Å². The van der Waals surface area contributed by atoms with Crippen molar-refractivity contribution in [3.63, 3.8) is 0 Å². The second-order valence-electron chi connectivity index (χ2n) is 3.94. The van der Waals surface area contributed by atoms with Crippen LogP contribution in [0.1, 0.15) is 41.5 Å². The molecule has 0 rings (SSSR count). The van der Waals surface area contributed by atoms with Crippen LogP contribution in [0.3, 0.4) is 0 Å². The van der Waals surface area contributed by atoms with E-state index in [2.05, 4.69) is 25.7 Å². The van der Waals surface area contributed by atoms with E-state index in [0.717, 1.165) is 16.7 Å². The van der Waals surface area contributed by atoms with Gasteiger partial charge in [0.2, 0.25) is 0 Å². The van der Waals surface area contributed by atoms with E-state index in [0.29, 0.717) is 0 Å². The second kappa shape index (κ2) is 17.0. The van der Waals surface area contributed by atoms with Crippen molar-refractivity contribution in [3.8, 4) is 12.3 Å². The summed E-state index contributed by atoms with van der Waals surface area (Å²) in [7, 11) is 0. The molecule has 0 aliphatic rings. The van der Waals surface area contributed by atoms with Gasteiger partial charge in [-0.3, -0.25) is 0 Å². The highest BCUT2D eigenvalue weighted by atomic mass is 13.9. The molecule has 0 fully saturated rings. The van der Waals surface area contributed by atoms with Crippen molar-refractivity contribution >= 4 is 0 Å². The van der Waals surface area contributed by atoms with Crippen LogP contribution in [0.5, 0.6) is 0 Å². The Morgan fingerprint density at radius 3 is 1.90 bits per heavy atom. The Kier molecular flexibility index (Phi) is 19.7. The van der Waals surface area contributed by atoms with Gasteiger partial charge in [0, 0.05) is 5.57 Å². The minimum Gasteiger partial charge on any atom is -0.115 e. The third kappa shape index (κ3) is 18.4. The van der Waals surface area contributed by atoms with E-state index in [1.54, 1.807) is 0 Å². The van der Waals surface area contributed by atoms with E-state index in [1.165, 1.54) is 5.57 Å². The van der Waals surface area contributed by atoms with Crippen molar-refractivity contribution in [1.82, 2.24) is 0 Å². The molecule has 0 aromatic rings. The Morgan fingerprint density at radius 2 is 1.60 bits per heavy atom. The molecule has 0 nitrogen and oxygen atoms in total. The maximum atomic E-state index is 5.13. The quantitative estimate of drug-likeness (QED) is 0.408. The fourth-order valence-corrected chi connectivity index (χ4v) is 0.887. The normalized spacial score (nSPS) is 10.4. The Bertz CT molecular complexity index is 417. The molecule has 110 valence electrons. The lowest BCUT2D eigenvalue weighted by Crippen LogP contribution is -1.78. The summed E-state index contributed by atoms with van der Waals surface area (Å²) in [5, 5.41) is 0. The fraction of sp³-hybridized carbons (Fsp3) is 0.300. The van der Waals surface area contributed by atoms with Gasteiger partial charge in [0.1, 0.15) is 0 Å². The van der Waals surface area contributed by atoms with E-state index in [1.807, 2.05) is 71.9 Å². The highest BCUT2D eigenvalue weighted by Gasteiger charge is 1.89. The first-order valence-corrected chi connectivity index (χ1v) is 6.80. The third-order valence-corrected chi connectivity index (χ3v) is 1.99. The molecule has 0 heterocycles. The van der Waals surface area contributed by atoms with Gasteiger partial charge in [-0.2, -0.15) is 0 Å². The molecular weight excluding hydrogens is 240 g/mol. The zero-order valence-corrected chi connectivity index (χ0v) is 14.1. The third-order valence-electron chi connectivity index (χ3n) is 1.99. The van der Waals surface area contributed by atoms with Crippen molar-refractivity contribution in [3.05, 3.63) is 72.4 Å². The molecule has 0 radical (unpaired) electrons. The summed E-state index contributed by atoms with van der Waals surface area (Å²) < 4.78 is 0. The lowest BCUT2D eigenvalue weighted by Gasteiger charge is -1.95. The maximum Gasteiger partial charge on any atom is 0.0200 e. The first-order chi connectivity index (χ1) is 9.38. The molecule has 0 saturated heterocycles. The number of hydrogen-bond acceptors (Lipinski definition) is 0. The number of hydrogen-bond donors (Lipinski definition) is 0. The molecule has 0 heteroatoms. The summed E-state index contributed by atoms with van der Waals surface area (Å²) in [6.45, 7) is 22.9. The molecule has 0 aliphatic carbocycles. The predicted octanol–water partition coefficient (Wildman–Crippen LogP) is 6.42. The standard InChI is InChI=1S/C10H12.C8H12.C2H6/c1-6-9(4)10(5)7-8(2)3;1-4-6-7-8(3)5-2;1-2/h1,7H,2,4H2,3,5H3;4-7H,2H2,1,3H3;1-2H3/b10-7-;6-4-,8-7-;. The van der Waals surface area contributed by atoms with Crippen molar-refractivity contribution < 1.29 is 0 Å². The second-order valence-corrected chi connectivity index (χ2v) is 3.94. The predicted molar refractivity (Wildman–Crippen MR) is 96.7 cm³/mol. The molecular formula is C20H30. The van der Waals surface area contributed by atoms with Crippen molar-refractivity contribution in [1.29, 1.82) is 0 Å². The van der Waals surface area contributed by atoms with Crippen LogP contribution in [0.25, 0.3) is 0 Å². The Balaban J connectivity index is -0.000000262. The molecule has 0 bridgehead atoms. The van der Waals surface area contributed by atoms with E-state index in [9.17, 15) is 0 Å². The zero-order chi connectivity index (χ0) is 16.6. The van der Waals surface area contributed by atoms with Crippen molar-refractivity contribution in [2.75, 3.05) is 0 Å². The van der Waals surface area contributed by atoms with Crippen LogP contribution in [0, 0.1) is 12.3 Å². The van der Waals surface area contributed by atoms with Gasteiger partial charge in [0.25, 0.3) is 0 Å². The summed E-state index contributed by atoms with van der Waals surface area (Å²) in [4.78, 5) is 0. The summed E-state index contributed by atoms with van der Waals surface area (Å²) in [6, 6.07) is 0. The molecule has 0 aliphatic heterocycles. The number of allylic oxidation sites excluding steroid dienone is 9. The first kappa shape index (κ1) is 23.1. The van der Waals surface area contributed by atoms with E-state index in [-0.39, 0.29) is 0 Å². The summed E-state index contributed by atoms with van der Waals surface area (Å²) in [6.07, 6.45) is 14.9. The van der Waals surface area contributed by atoms with Crippen LogP contribution >= 0.6 is 0 Å². The van der Waals surface area contributed by atoms with Crippen LogP contribution in [0.15, 0.2) is 72.4 Å². The molecule has 0 unspecified atom stereocenters.